The van der Waals surface area contributed by atoms with E-state index in [1.54, 1.807) is 0 Å². The van der Waals surface area contributed by atoms with E-state index >= 15 is 0 Å². The molecule has 1 aromatic carbocycles. The smallest absolute Gasteiger partial charge is 0.109 e. The quantitative estimate of drug-likeness (QED) is 0.839. The number of aromatic nitrogens is 2. The summed E-state index contributed by atoms with van der Waals surface area (Å²) < 4.78 is 2.33. The van der Waals surface area contributed by atoms with Gasteiger partial charge in [-0.15, -0.1) is 0 Å². The first kappa shape index (κ1) is 12.9. The molecule has 0 unspecified atom stereocenters. The molecule has 0 aliphatic heterocycles. The number of fused-ring (bicyclic) bond motifs is 1. The maximum Gasteiger partial charge on any atom is 0.109 e. The van der Waals surface area contributed by atoms with Crippen LogP contribution in [0.25, 0.3) is 11.0 Å². The first-order valence-electron chi connectivity index (χ1n) is 6.65. The number of benzene rings is 1. The lowest BCUT2D eigenvalue weighted by Gasteiger charge is -2.19. The lowest BCUT2D eigenvalue weighted by molar-refractivity contribution is 0.350. The summed E-state index contributed by atoms with van der Waals surface area (Å²) in [5, 5.41) is 0. The van der Waals surface area contributed by atoms with Crippen LogP contribution in [0.15, 0.2) is 18.2 Å². The van der Waals surface area contributed by atoms with Gasteiger partial charge in [-0.1, -0.05) is 27.7 Å². The van der Waals surface area contributed by atoms with Crippen molar-refractivity contribution in [2.24, 2.45) is 5.41 Å². The molecule has 0 aliphatic rings. The molecule has 0 saturated heterocycles. The molecule has 18 heavy (non-hydrogen) atoms. The number of rotatable bonds is 3. The van der Waals surface area contributed by atoms with Crippen molar-refractivity contribution in [3.63, 3.8) is 0 Å². The summed E-state index contributed by atoms with van der Waals surface area (Å²) >= 11 is 0. The molecule has 0 fully saturated rings. The molecular formula is C15H23N3. The maximum atomic E-state index is 5.82. The van der Waals surface area contributed by atoms with Gasteiger partial charge in [-0.2, -0.15) is 0 Å². The molecular weight excluding hydrogens is 222 g/mol. The Balaban J connectivity index is 2.41. The molecule has 98 valence electrons. The minimum absolute atomic E-state index is 0.343. The fourth-order valence-electron chi connectivity index (χ4n) is 2.16. The Hall–Kier alpha value is -1.51. The van der Waals surface area contributed by atoms with Crippen LogP contribution < -0.4 is 5.73 Å². The Morgan fingerprint density at radius 3 is 2.61 bits per heavy atom. The molecule has 3 nitrogen and oxygen atoms in total. The molecule has 2 rings (SSSR count). The Kier molecular flexibility index (Phi) is 3.33. The van der Waals surface area contributed by atoms with Crippen LogP contribution >= 0.6 is 0 Å². The number of nitrogens with two attached hydrogens (primary N) is 1. The lowest BCUT2D eigenvalue weighted by Crippen LogP contribution is -2.12. The molecule has 1 heterocycles. The van der Waals surface area contributed by atoms with Crippen molar-refractivity contribution in [2.45, 2.75) is 47.1 Å². The highest BCUT2D eigenvalue weighted by Crippen LogP contribution is 2.24. The van der Waals surface area contributed by atoms with Crippen molar-refractivity contribution >= 4 is 16.7 Å². The Morgan fingerprint density at radius 2 is 2.00 bits per heavy atom. The average molecular weight is 245 g/mol. The zero-order chi connectivity index (χ0) is 13.3. The predicted molar refractivity (Wildman–Crippen MR) is 77.6 cm³/mol. The molecule has 0 bridgehead atoms. The van der Waals surface area contributed by atoms with Gasteiger partial charge in [0.05, 0.1) is 11.0 Å². The molecule has 0 radical (unpaired) electrons. The largest absolute Gasteiger partial charge is 0.399 e. The van der Waals surface area contributed by atoms with Crippen LogP contribution in [0.1, 0.15) is 39.9 Å². The zero-order valence-electron chi connectivity index (χ0n) is 11.8. The summed E-state index contributed by atoms with van der Waals surface area (Å²) in [5.41, 5.74) is 9.16. The van der Waals surface area contributed by atoms with E-state index in [-0.39, 0.29) is 0 Å². The van der Waals surface area contributed by atoms with Gasteiger partial charge in [0.2, 0.25) is 0 Å². The van der Waals surface area contributed by atoms with Gasteiger partial charge in [0, 0.05) is 18.7 Å². The van der Waals surface area contributed by atoms with Crippen LogP contribution in [-0.2, 0) is 13.0 Å². The van der Waals surface area contributed by atoms with Crippen LogP contribution in [-0.4, -0.2) is 9.55 Å². The molecule has 1 aromatic heterocycles. The summed E-state index contributed by atoms with van der Waals surface area (Å²) in [5.74, 6) is 1.15. The standard InChI is InChI=1S/C15H23N3/c1-5-14-17-12-10-11(16)6-7-13(12)18(14)9-8-15(2,3)4/h6-7,10H,5,8-9,16H2,1-4H3. The van der Waals surface area contributed by atoms with Crippen molar-refractivity contribution in [3.05, 3.63) is 24.0 Å². The van der Waals surface area contributed by atoms with Gasteiger partial charge < -0.3 is 10.3 Å². The second kappa shape index (κ2) is 4.63. The third-order valence-corrected chi connectivity index (χ3v) is 3.25. The summed E-state index contributed by atoms with van der Waals surface area (Å²) in [6.07, 6.45) is 2.11. The number of anilines is 1. The number of hydrogen-bond donors (Lipinski definition) is 1. The van der Waals surface area contributed by atoms with Gasteiger partial charge in [0.1, 0.15) is 5.82 Å². The molecule has 0 amide bonds. The molecule has 2 aromatic rings. The molecule has 2 N–H and O–H groups in total. The average Bonchev–Trinajstić information content (AvgIpc) is 2.62. The third kappa shape index (κ3) is 2.66. The Labute approximate surface area is 109 Å². The molecule has 0 spiro atoms. The molecule has 0 saturated carbocycles. The van der Waals surface area contributed by atoms with E-state index in [2.05, 4.69) is 43.3 Å². The van der Waals surface area contributed by atoms with Crippen LogP contribution in [0.3, 0.4) is 0 Å². The summed E-state index contributed by atoms with van der Waals surface area (Å²) in [6.45, 7) is 9.99. The predicted octanol–water partition coefficient (Wildman–Crippen LogP) is 3.62. The van der Waals surface area contributed by atoms with Crippen LogP contribution in [0.2, 0.25) is 0 Å². The fourth-order valence-corrected chi connectivity index (χ4v) is 2.16. The molecule has 0 aliphatic carbocycles. The number of aryl methyl sites for hydroxylation is 2. The van der Waals surface area contributed by atoms with Crippen molar-refractivity contribution in [1.82, 2.24) is 9.55 Å². The van der Waals surface area contributed by atoms with Crippen molar-refractivity contribution in [3.8, 4) is 0 Å². The van der Waals surface area contributed by atoms with Gasteiger partial charge in [-0.25, -0.2) is 4.98 Å². The highest BCUT2D eigenvalue weighted by atomic mass is 15.1. The van der Waals surface area contributed by atoms with E-state index in [0.29, 0.717) is 5.41 Å². The van der Waals surface area contributed by atoms with Crippen molar-refractivity contribution in [1.29, 1.82) is 0 Å². The Morgan fingerprint density at radius 1 is 1.28 bits per heavy atom. The fraction of sp³-hybridized carbons (Fsp3) is 0.533. The van der Waals surface area contributed by atoms with E-state index in [1.807, 2.05) is 12.1 Å². The second-order valence-electron chi connectivity index (χ2n) is 6.09. The van der Waals surface area contributed by atoms with Gasteiger partial charge in [-0.3, -0.25) is 0 Å². The van der Waals surface area contributed by atoms with E-state index in [4.69, 9.17) is 5.73 Å². The molecule has 3 heteroatoms. The number of hydrogen-bond acceptors (Lipinski definition) is 2. The zero-order valence-corrected chi connectivity index (χ0v) is 11.8. The van der Waals surface area contributed by atoms with Crippen LogP contribution in [0.4, 0.5) is 5.69 Å². The SMILES string of the molecule is CCc1nc2cc(N)ccc2n1CCC(C)(C)C. The van der Waals surface area contributed by atoms with E-state index in [1.165, 1.54) is 5.52 Å². The highest BCUT2D eigenvalue weighted by molar-refractivity contribution is 5.79. The minimum atomic E-state index is 0.343. The monoisotopic (exact) mass is 245 g/mol. The topological polar surface area (TPSA) is 43.8 Å². The van der Waals surface area contributed by atoms with Crippen LogP contribution in [0.5, 0.6) is 0 Å². The van der Waals surface area contributed by atoms with Gasteiger partial charge in [-0.05, 0) is 30.0 Å². The van der Waals surface area contributed by atoms with Crippen molar-refractivity contribution in [2.75, 3.05) is 5.73 Å². The van der Waals surface area contributed by atoms with Crippen LogP contribution in [0, 0.1) is 5.41 Å². The lowest BCUT2D eigenvalue weighted by atomic mass is 9.92. The minimum Gasteiger partial charge on any atom is -0.399 e. The van der Waals surface area contributed by atoms with E-state index in [0.717, 1.165) is 36.4 Å². The highest BCUT2D eigenvalue weighted by Gasteiger charge is 2.14. The number of imidazole rings is 1. The molecule has 0 atom stereocenters. The normalized spacial score (nSPS) is 12.2. The van der Waals surface area contributed by atoms with Crippen molar-refractivity contribution < 1.29 is 0 Å². The second-order valence-corrected chi connectivity index (χ2v) is 6.09. The maximum absolute atomic E-state index is 5.82. The van der Waals surface area contributed by atoms with Gasteiger partial charge >= 0.3 is 0 Å². The summed E-state index contributed by atoms with van der Waals surface area (Å²) in [7, 11) is 0. The van der Waals surface area contributed by atoms with E-state index in [9.17, 15) is 0 Å². The van der Waals surface area contributed by atoms with Gasteiger partial charge in [0.25, 0.3) is 0 Å². The summed E-state index contributed by atoms with van der Waals surface area (Å²) in [6, 6.07) is 6.00. The first-order valence-corrected chi connectivity index (χ1v) is 6.65. The first-order chi connectivity index (χ1) is 8.40. The number of nitrogen functional groups attached to an aromatic ring is 1. The van der Waals surface area contributed by atoms with E-state index < -0.39 is 0 Å². The summed E-state index contributed by atoms with van der Waals surface area (Å²) in [4.78, 5) is 4.68. The number of nitrogens with zero attached hydrogens (tertiary/aromatic N) is 2. The van der Waals surface area contributed by atoms with Gasteiger partial charge in [0.15, 0.2) is 0 Å². The third-order valence-electron chi connectivity index (χ3n) is 3.25. The Bertz CT molecular complexity index is 547.